The molecule has 0 bridgehead atoms. The molecule has 1 amide bonds. The second-order valence-corrected chi connectivity index (χ2v) is 5.34. The van der Waals surface area contributed by atoms with Crippen LogP contribution in [0, 0.1) is 17.2 Å². The van der Waals surface area contributed by atoms with Crippen LogP contribution < -0.4 is 11.1 Å². The SMILES string of the molecule is CN(C)CC[C@@H](C#N)NC(=O)[C@@H]1CCCC[C@@H]1N. The Morgan fingerprint density at radius 3 is 2.72 bits per heavy atom. The van der Waals surface area contributed by atoms with Crippen LogP contribution in [0.1, 0.15) is 32.1 Å². The van der Waals surface area contributed by atoms with E-state index in [0.29, 0.717) is 6.42 Å². The van der Waals surface area contributed by atoms with Crippen molar-refractivity contribution < 1.29 is 4.79 Å². The summed E-state index contributed by atoms with van der Waals surface area (Å²) in [5, 5.41) is 11.9. The molecule has 3 N–H and O–H groups in total. The molecule has 0 heterocycles. The average Bonchev–Trinajstić information content (AvgIpc) is 2.34. The number of carbonyl (C=O) groups is 1. The van der Waals surface area contributed by atoms with Gasteiger partial charge >= 0.3 is 0 Å². The molecule has 18 heavy (non-hydrogen) atoms. The zero-order chi connectivity index (χ0) is 13.5. The van der Waals surface area contributed by atoms with Crippen molar-refractivity contribution in [3.63, 3.8) is 0 Å². The fourth-order valence-electron chi connectivity index (χ4n) is 2.32. The second kappa shape index (κ2) is 7.34. The highest BCUT2D eigenvalue weighted by Gasteiger charge is 2.29. The zero-order valence-corrected chi connectivity index (χ0v) is 11.4. The largest absolute Gasteiger partial charge is 0.340 e. The van der Waals surface area contributed by atoms with Gasteiger partial charge in [-0.2, -0.15) is 5.26 Å². The molecular weight excluding hydrogens is 228 g/mol. The predicted molar refractivity (Wildman–Crippen MR) is 70.6 cm³/mol. The third-order valence-corrected chi connectivity index (χ3v) is 3.49. The highest BCUT2D eigenvalue weighted by molar-refractivity contribution is 5.80. The Kier molecular flexibility index (Phi) is 6.10. The van der Waals surface area contributed by atoms with Gasteiger partial charge in [0.2, 0.25) is 5.91 Å². The molecule has 0 spiro atoms. The summed E-state index contributed by atoms with van der Waals surface area (Å²) < 4.78 is 0. The molecule has 0 saturated heterocycles. The molecule has 5 heteroatoms. The maximum absolute atomic E-state index is 12.1. The Labute approximate surface area is 109 Å². The Hall–Kier alpha value is -1.12. The Balaban J connectivity index is 2.43. The van der Waals surface area contributed by atoms with Gasteiger partial charge in [-0.25, -0.2) is 0 Å². The fourth-order valence-corrected chi connectivity index (χ4v) is 2.32. The molecule has 0 aromatic heterocycles. The number of hydrogen-bond acceptors (Lipinski definition) is 4. The van der Waals surface area contributed by atoms with Crippen molar-refractivity contribution in [2.45, 2.75) is 44.2 Å². The first kappa shape index (κ1) is 14.9. The molecule has 102 valence electrons. The van der Waals surface area contributed by atoms with E-state index in [1.165, 1.54) is 0 Å². The van der Waals surface area contributed by atoms with E-state index < -0.39 is 6.04 Å². The Morgan fingerprint density at radius 1 is 1.50 bits per heavy atom. The zero-order valence-electron chi connectivity index (χ0n) is 11.4. The summed E-state index contributed by atoms with van der Waals surface area (Å²) >= 11 is 0. The van der Waals surface area contributed by atoms with Crippen LogP contribution in [0.5, 0.6) is 0 Å². The summed E-state index contributed by atoms with van der Waals surface area (Å²) in [6, 6.07) is 1.69. The lowest BCUT2D eigenvalue weighted by Crippen LogP contribution is -2.47. The number of nitrogens with two attached hydrogens (primary N) is 1. The lowest BCUT2D eigenvalue weighted by Gasteiger charge is -2.28. The van der Waals surface area contributed by atoms with Crippen molar-refractivity contribution in [3.8, 4) is 6.07 Å². The molecular formula is C13H24N4O. The van der Waals surface area contributed by atoms with E-state index in [1.54, 1.807) is 0 Å². The lowest BCUT2D eigenvalue weighted by atomic mass is 9.84. The van der Waals surface area contributed by atoms with Crippen molar-refractivity contribution in [3.05, 3.63) is 0 Å². The van der Waals surface area contributed by atoms with E-state index in [1.807, 2.05) is 19.0 Å². The van der Waals surface area contributed by atoms with Crippen LogP contribution in [0.2, 0.25) is 0 Å². The van der Waals surface area contributed by atoms with Crippen LogP contribution in [-0.2, 0) is 4.79 Å². The van der Waals surface area contributed by atoms with Gasteiger partial charge in [0.25, 0.3) is 0 Å². The number of rotatable bonds is 5. The molecule has 1 rings (SSSR count). The van der Waals surface area contributed by atoms with Gasteiger partial charge in [0.1, 0.15) is 6.04 Å². The number of nitriles is 1. The molecule has 0 aromatic carbocycles. The van der Waals surface area contributed by atoms with Gasteiger partial charge in [-0.1, -0.05) is 12.8 Å². The lowest BCUT2D eigenvalue weighted by molar-refractivity contribution is -0.126. The van der Waals surface area contributed by atoms with Crippen LogP contribution in [0.15, 0.2) is 0 Å². The highest BCUT2D eigenvalue weighted by atomic mass is 16.2. The average molecular weight is 252 g/mol. The third kappa shape index (κ3) is 4.63. The van der Waals surface area contributed by atoms with Gasteiger partial charge in [0, 0.05) is 12.6 Å². The fraction of sp³-hybridized carbons (Fsp3) is 0.846. The van der Waals surface area contributed by atoms with Gasteiger partial charge in [-0.05, 0) is 33.4 Å². The van der Waals surface area contributed by atoms with Crippen LogP contribution in [0.3, 0.4) is 0 Å². The highest BCUT2D eigenvalue weighted by Crippen LogP contribution is 2.23. The van der Waals surface area contributed by atoms with Crippen LogP contribution >= 0.6 is 0 Å². The van der Waals surface area contributed by atoms with Crippen molar-refractivity contribution in [1.82, 2.24) is 10.2 Å². The molecule has 0 aliphatic heterocycles. The number of carbonyl (C=O) groups excluding carboxylic acids is 1. The Morgan fingerprint density at radius 2 is 2.17 bits per heavy atom. The Bertz CT molecular complexity index is 311. The van der Waals surface area contributed by atoms with Crippen molar-refractivity contribution in [1.29, 1.82) is 5.26 Å². The number of nitrogens with zero attached hydrogens (tertiary/aromatic N) is 2. The van der Waals surface area contributed by atoms with Gasteiger partial charge in [-0.3, -0.25) is 4.79 Å². The maximum atomic E-state index is 12.1. The summed E-state index contributed by atoms with van der Waals surface area (Å²) in [4.78, 5) is 14.1. The number of amides is 1. The smallest absolute Gasteiger partial charge is 0.225 e. The van der Waals surface area contributed by atoms with Crippen LogP contribution in [0.25, 0.3) is 0 Å². The molecule has 1 fully saturated rings. The molecule has 0 unspecified atom stereocenters. The summed E-state index contributed by atoms with van der Waals surface area (Å²) in [7, 11) is 3.90. The quantitative estimate of drug-likeness (QED) is 0.745. The summed E-state index contributed by atoms with van der Waals surface area (Å²) in [6.07, 6.45) is 4.57. The van der Waals surface area contributed by atoms with E-state index in [9.17, 15) is 4.79 Å². The molecule has 1 aliphatic rings. The monoisotopic (exact) mass is 252 g/mol. The molecule has 3 atom stereocenters. The predicted octanol–water partition coefficient (Wildman–Crippen LogP) is 0.464. The molecule has 0 radical (unpaired) electrons. The van der Waals surface area contributed by atoms with Gasteiger partial charge < -0.3 is 16.0 Å². The van der Waals surface area contributed by atoms with Crippen LogP contribution in [0.4, 0.5) is 0 Å². The van der Waals surface area contributed by atoms with E-state index in [4.69, 9.17) is 11.0 Å². The number of hydrogen-bond donors (Lipinski definition) is 2. The minimum Gasteiger partial charge on any atom is -0.340 e. The van der Waals surface area contributed by atoms with Gasteiger partial charge in [0.15, 0.2) is 0 Å². The number of nitrogens with one attached hydrogen (secondary N) is 1. The summed E-state index contributed by atoms with van der Waals surface area (Å²) in [5.41, 5.74) is 5.97. The second-order valence-electron chi connectivity index (χ2n) is 5.34. The first-order valence-electron chi connectivity index (χ1n) is 6.65. The third-order valence-electron chi connectivity index (χ3n) is 3.49. The standard InChI is InChI=1S/C13H24N4O/c1-17(2)8-7-10(9-14)16-13(18)11-5-3-4-6-12(11)15/h10-12H,3-8,15H2,1-2H3,(H,16,18)/t10-,11+,12-/m0/s1. The van der Waals surface area contributed by atoms with Gasteiger partial charge in [-0.15, -0.1) is 0 Å². The normalized spacial score (nSPS) is 25.5. The molecule has 5 nitrogen and oxygen atoms in total. The van der Waals surface area contributed by atoms with Crippen molar-refractivity contribution in [2.75, 3.05) is 20.6 Å². The molecule has 1 aliphatic carbocycles. The topological polar surface area (TPSA) is 82.2 Å². The maximum Gasteiger partial charge on any atom is 0.225 e. The van der Waals surface area contributed by atoms with E-state index >= 15 is 0 Å². The van der Waals surface area contributed by atoms with Crippen molar-refractivity contribution in [2.24, 2.45) is 11.7 Å². The molecule has 0 aromatic rings. The summed E-state index contributed by atoms with van der Waals surface area (Å²) in [6.45, 7) is 0.787. The minimum atomic E-state index is -0.408. The first-order chi connectivity index (χ1) is 8.54. The molecule has 1 saturated carbocycles. The summed E-state index contributed by atoms with van der Waals surface area (Å²) in [5.74, 6) is -0.165. The minimum absolute atomic E-state index is 0.0486. The van der Waals surface area contributed by atoms with E-state index in [-0.39, 0.29) is 17.9 Å². The van der Waals surface area contributed by atoms with Gasteiger partial charge in [0.05, 0.1) is 12.0 Å². The van der Waals surface area contributed by atoms with Crippen LogP contribution in [-0.4, -0.2) is 43.5 Å². The first-order valence-corrected chi connectivity index (χ1v) is 6.65. The van der Waals surface area contributed by atoms with E-state index in [0.717, 1.165) is 32.2 Å². The van der Waals surface area contributed by atoms with E-state index in [2.05, 4.69) is 11.4 Å². The van der Waals surface area contributed by atoms with Crippen molar-refractivity contribution >= 4 is 5.91 Å².